The first-order chi connectivity index (χ1) is 12.8. The Bertz CT molecular complexity index is 849. The minimum atomic E-state index is -3.45. The van der Waals surface area contributed by atoms with Gasteiger partial charge in [-0.15, -0.1) is 0 Å². The van der Waals surface area contributed by atoms with Crippen molar-refractivity contribution in [1.82, 2.24) is 9.62 Å². The Hall–Kier alpha value is -0.960. The molecule has 0 radical (unpaired) electrons. The van der Waals surface area contributed by atoms with Crippen LogP contribution >= 0.6 is 22.6 Å². The topological polar surface area (TPSA) is 49.4 Å². The quantitative estimate of drug-likeness (QED) is 0.587. The van der Waals surface area contributed by atoms with E-state index in [1.807, 2.05) is 12.1 Å². The lowest BCUT2D eigenvalue weighted by Crippen LogP contribution is -2.36. The van der Waals surface area contributed by atoms with Gasteiger partial charge in [0.25, 0.3) is 0 Å². The Kier molecular flexibility index (Phi) is 6.94. The lowest BCUT2D eigenvalue weighted by molar-refractivity contribution is 0.324. The number of sulfonamides is 1. The van der Waals surface area contributed by atoms with Gasteiger partial charge in [0.2, 0.25) is 10.0 Å². The van der Waals surface area contributed by atoms with Gasteiger partial charge in [-0.3, -0.25) is 4.90 Å². The van der Waals surface area contributed by atoms with Gasteiger partial charge in [0.1, 0.15) is 0 Å². The average Bonchev–Trinajstić information content (AvgIpc) is 3.03. The van der Waals surface area contributed by atoms with Crippen LogP contribution < -0.4 is 4.72 Å². The molecule has 0 aliphatic carbocycles. The summed E-state index contributed by atoms with van der Waals surface area (Å²) in [6.45, 7) is 6.99. The van der Waals surface area contributed by atoms with Gasteiger partial charge in [-0.2, -0.15) is 0 Å². The van der Waals surface area contributed by atoms with Crippen molar-refractivity contribution in [3.63, 3.8) is 0 Å². The van der Waals surface area contributed by atoms with Crippen molar-refractivity contribution in [2.45, 2.75) is 44.2 Å². The summed E-state index contributed by atoms with van der Waals surface area (Å²) in [6, 6.07) is 15.7. The fraction of sp³-hybridized carbons (Fsp3) is 0.429. The minimum absolute atomic E-state index is 0.0329. The molecule has 1 fully saturated rings. The number of likely N-dealkylation sites (tertiary alicyclic amines) is 1. The van der Waals surface area contributed by atoms with Crippen LogP contribution in [0.25, 0.3) is 0 Å². The zero-order valence-electron chi connectivity index (χ0n) is 15.9. The average molecular weight is 498 g/mol. The summed E-state index contributed by atoms with van der Waals surface area (Å²) in [5.41, 5.74) is 2.65. The lowest BCUT2D eigenvalue weighted by Gasteiger charge is -2.17. The van der Waals surface area contributed by atoms with Crippen LogP contribution in [-0.2, 0) is 23.0 Å². The molecule has 0 spiro atoms. The second kappa shape index (κ2) is 9.03. The van der Waals surface area contributed by atoms with Crippen LogP contribution in [0.3, 0.4) is 0 Å². The second-order valence-corrected chi connectivity index (χ2v) is 10.7. The first-order valence-electron chi connectivity index (χ1n) is 9.40. The van der Waals surface area contributed by atoms with Gasteiger partial charge in [-0.05, 0) is 76.7 Å². The van der Waals surface area contributed by atoms with Crippen molar-refractivity contribution in [1.29, 1.82) is 0 Å². The van der Waals surface area contributed by atoms with Gasteiger partial charge in [-0.25, -0.2) is 13.1 Å². The highest BCUT2D eigenvalue weighted by Gasteiger charge is 2.27. The van der Waals surface area contributed by atoms with E-state index >= 15 is 0 Å². The van der Waals surface area contributed by atoms with E-state index in [0.717, 1.165) is 36.0 Å². The first kappa shape index (κ1) is 20.8. The van der Waals surface area contributed by atoms with Crippen molar-refractivity contribution in [2.24, 2.45) is 5.92 Å². The monoisotopic (exact) mass is 498 g/mol. The van der Waals surface area contributed by atoms with Gasteiger partial charge < -0.3 is 0 Å². The van der Waals surface area contributed by atoms with Crippen molar-refractivity contribution >= 4 is 32.6 Å². The fourth-order valence-corrected chi connectivity index (χ4v) is 5.11. The molecule has 3 rings (SSSR count). The lowest BCUT2D eigenvalue weighted by atomic mass is 10.0. The molecule has 1 N–H and O–H groups in total. The summed E-state index contributed by atoms with van der Waals surface area (Å²) in [6.07, 6.45) is 1.95. The largest absolute Gasteiger partial charge is 0.297 e. The van der Waals surface area contributed by atoms with Gasteiger partial charge in [0, 0.05) is 29.2 Å². The van der Waals surface area contributed by atoms with E-state index in [-0.39, 0.29) is 6.04 Å². The Labute approximate surface area is 176 Å². The highest BCUT2D eigenvalue weighted by atomic mass is 127. The SMILES string of the molecule is CC(C)Cc1ccc(CN2CCC(NS(=O)(=O)c3ccc(I)cc3)C2)cc1. The zero-order valence-corrected chi connectivity index (χ0v) is 18.8. The number of hydrogen-bond donors (Lipinski definition) is 1. The van der Waals surface area contributed by atoms with Gasteiger partial charge in [0.15, 0.2) is 0 Å². The normalized spacial score (nSPS) is 18.3. The summed E-state index contributed by atoms with van der Waals surface area (Å²) in [4.78, 5) is 2.65. The maximum atomic E-state index is 12.6. The second-order valence-electron chi connectivity index (χ2n) is 7.71. The standard InChI is InChI=1S/C21H27IN2O2S/c1-16(2)13-17-3-5-18(6-4-17)14-24-12-11-20(15-24)23-27(25,26)21-9-7-19(22)8-10-21/h3-10,16,20,23H,11-15H2,1-2H3. The highest BCUT2D eigenvalue weighted by Crippen LogP contribution is 2.18. The molecular weight excluding hydrogens is 471 g/mol. The van der Waals surface area contributed by atoms with Crippen LogP contribution in [0, 0.1) is 9.49 Å². The molecule has 1 heterocycles. The van der Waals surface area contributed by atoms with Gasteiger partial charge in [-0.1, -0.05) is 38.1 Å². The Balaban J connectivity index is 1.54. The molecule has 146 valence electrons. The van der Waals surface area contributed by atoms with Crippen molar-refractivity contribution in [3.8, 4) is 0 Å². The van der Waals surface area contributed by atoms with E-state index in [2.05, 4.69) is 70.3 Å². The van der Waals surface area contributed by atoms with Gasteiger partial charge in [0.05, 0.1) is 4.90 Å². The molecule has 0 bridgehead atoms. The molecule has 1 atom stereocenters. The van der Waals surface area contributed by atoms with E-state index in [9.17, 15) is 8.42 Å². The van der Waals surface area contributed by atoms with E-state index in [1.54, 1.807) is 12.1 Å². The van der Waals surface area contributed by atoms with E-state index in [0.29, 0.717) is 10.8 Å². The first-order valence-corrected chi connectivity index (χ1v) is 12.0. The molecule has 0 saturated carbocycles. The highest BCUT2D eigenvalue weighted by molar-refractivity contribution is 14.1. The fourth-order valence-electron chi connectivity index (χ4n) is 3.48. The molecule has 0 amide bonds. The molecule has 27 heavy (non-hydrogen) atoms. The molecule has 1 saturated heterocycles. The molecule has 6 heteroatoms. The Morgan fingerprint density at radius 1 is 1.07 bits per heavy atom. The maximum absolute atomic E-state index is 12.6. The summed E-state index contributed by atoms with van der Waals surface area (Å²) < 4.78 is 29.0. The maximum Gasteiger partial charge on any atom is 0.240 e. The molecule has 1 aliphatic rings. The molecule has 1 aliphatic heterocycles. The van der Waals surface area contributed by atoms with Gasteiger partial charge >= 0.3 is 0 Å². The third-order valence-electron chi connectivity index (χ3n) is 4.79. The summed E-state index contributed by atoms with van der Waals surface area (Å²) in [5.74, 6) is 0.663. The van der Waals surface area contributed by atoms with E-state index in [1.165, 1.54) is 11.1 Å². The number of nitrogens with zero attached hydrogens (tertiary/aromatic N) is 1. The molecule has 2 aromatic carbocycles. The molecular formula is C21H27IN2O2S. The predicted molar refractivity (Wildman–Crippen MR) is 118 cm³/mol. The van der Waals surface area contributed by atoms with E-state index < -0.39 is 10.0 Å². The predicted octanol–water partition coefficient (Wildman–Crippen LogP) is 4.04. The van der Waals surface area contributed by atoms with Crippen LogP contribution in [0.4, 0.5) is 0 Å². The van der Waals surface area contributed by atoms with Crippen LogP contribution in [-0.4, -0.2) is 32.4 Å². The van der Waals surface area contributed by atoms with Crippen LogP contribution in [0.2, 0.25) is 0 Å². The van der Waals surface area contributed by atoms with Crippen molar-refractivity contribution in [2.75, 3.05) is 13.1 Å². The molecule has 0 aromatic heterocycles. The minimum Gasteiger partial charge on any atom is -0.297 e. The Morgan fingerprint density at radius 2 is 1.70 bits per heavy atom. The van der Waals surface area contributed by atoms with Crippen molar-refractivity contribution in [3.05, 3.63) is 63.2 Å². The number of hydrogen-bond acceptors (Lipinski definition) is 3. The van der Waals surface area contributed by atoms with Crippen LogP contribution in [0.5, 0.6) is 0 Å². The molecule has 4 nitrogen and oxygen atoms in total. The third kappa shape index (κ3) is 6.01. The number of halogens is 1. The van der Waals surface area contributed by atoms with Crippen LogP contribution in [0.15, 0.2) is 53.4 Å². The number of nitrogens with one attached hydrogen (secondary N) is 1. The summed E-state index contributed by atoms with van der Waals surface area (Å²) in [7, 11) is -3.45. The summed E-state index contributed by atoms with van der Waals surface area (Å²) in [5, 5.41) is 0. The van der Waals surface area contributed by atoms with E-state index in [4.69, 9.17) is 0 Å². The summed E-state index contributed by atoms with van der Waals surface area (Å²) >= 11 is 2.17. The number of rotatable bonds is 7. The van der Waals surface area contributed by atoms with Crippen molar-refractivity contribution < 1.29 is 8.42 Å². The number of benzene rings is 2. The molecule has 1 unspecified atom stereocenters. The third-order valence-corrected chi connectivity index (χ3v) is 7.05. The zero-order chi connectivity index (χ0) is 19.4. The molecule has 2 aromatic rings. The smallest absolute Gasteiger partial charge is 0.240 e. The van der Waals surface area contributed by atoms with Crippen LogP contribution in [0.1, 0.15) is 31.4 Å². The Morgan fingerprint density at radius 3 is 2.33 bits per heavy atom.